The zero-order valence-electron chi connectivity index (χ0n) is 13.2. The fourth-order valence-electron chi connectivity index (χ4n) is 2.48. The lowest BCUT2D eigenvalue weighted by molar-refractivity contribution is 0.0523. The lowest BCUT2D eigenvalue weighted by Gasteiger charge is -2.17. The summed E-state index contributed by atoms with van der Waals surface area (Å²) in [5.74, 6) is -0.341. The molecule has 3 rings (SSSR count). The normalized spacial score (nSPS) is 12.1. The van der Waals surface area contributed by atoms with Gasteiger partial charge in [0.25, 0.3) is 0 Å². The second-order valence-corrected chi connectivity index (χ2v) is 5.44. The molecule has 0 unspecified atom stereocenters. The van der Waals surface area contributed by atoms with E-state index in [1.165, 1.54) is 12.1 Å². The van der Waals surface area contributed by atoms with Crippen LogP contribution in [0.25, 0.3) is 5.69 Å². The Balaban J connectivity index is 1.85. The summed E-state index contributed by atoms with van der Waals surface area (Å²) in [6.07, 6.45) is 2.01. The Morgan fingerprint density at radius 3 is 2.71 bits per heavy atom. The summed E-state index contributed by atoms with van der Waals surface area (Å²) in [5.41, 5.74) is 2.73. The number of halogens is 1. The van der Waals surface area contributed by atoms with E-state index in [0.717, 1.165) is 5.56 Å². The number of carbonyl (C=O) groups is 1. The van der Waals surface area contributed by atoms with Gasteiger partial charge in [-0.1, -0.05) is 30.3 Å². The van der Waals surface area contributed by atoms with Crippen molar-refractivity contribution < 1.29 is 13.9 Å². The number of ether oxygens (including phenoxy) is 1. The van der Waals surface area contributed by atoms with Crippen LogP contribution in [0, 0.1) is 5.82 Å². The van der Waals surface area contributed by atoms with Crippen LogP contribution in [0.5, 0.6) is 0 Å². The van der Waals surface area contributed by atoms with Crippen LogP contribution < -0.4 is 0 Å². The summed E-state index contributed by atoms with van der Waals surface area (Å²) in [7, 11) is 0. The molecule has 0 radical (unpaired) electrons. The summed E-state index contributed by atoms with van der Waals surface area (Å²) in [6, 6.07) is 15.8. The molecule has 122 valence electrons. The SMILES string of the molecule is C[C@@H](OCc1ccccc1)c1cc(F)ccc1-n1ccc(C=O)n1. The molecule has 0 N–H and O–H groups in total. The number of aromatic nitrogens is 2. The number of carbonyl (C=O) groups excluding carboxylic acids is 1. The number of rotatable bonds is 6. The van der Waals surface area contributed by atoms with Gasteiger partial charge in [-0.15, -0.1) is 0 Å². The van der Waals surface area contributed by atoms with E-state index >= 15 is 0 Å². The highest BCUT2D eigenvalue weighted by Gasteiger charge is 2.15. The lowest BCUT2D eigenvalue weighted by Crippen LogP contribution is -2.07. The van der Waals surface area contributed by atoms with Crippen molar-refractivity contribution >= 4 is 6.29 Å². The Morgan fingerprint density at radius 1 is 1.21 bits per heavy atom. The molecule has 1 aromatic heterocycles. The topological polar surface area (TPSA) is 44.1 Å². The summed E-state index contributed by atoms with van der Waals surface area (Å²) in [6.45, 7) is 2.29. The predicted molar refractivity (Wildman–Crippen MR) is 88.6 cm³/mol. The first-order valence-electron chi connectivity index (χ1n) is 7.63. The van der Waals surface area contributed by atoms with Crippen molar-refractivity contribution in [1.29, 1.82) is 0 Å². The highest BCUT2D eigenvalue weighted by molar-refractivity contribution is 5.71. The molecular weight excluding hydrogens is 307 g/mol. The molecule has 3 aromatic rings. The van der Waals surface area contributed by atoms with Crippen molar-refractivity contribution in [2.45, 2.75) is 19.6 Å². The molecule has 2 aromatic carbocycles. The van der Waals surface area contributed by atoms with Crippen molar-refractivity contribution in [2.24, 2.45) is 0 Å². The van der Waals surface area contributed by atoms with E-state index in [1.54, 1.807) is 23.0 Å². The maximum absolute atomic E-state index is 13.7. The van der Waals surface area contributed by atoms with Crippen LogP contribution in [0.3, 0.4) is 0 Å². The number of hydrogen-bond acceptors (Lipinski definition) is 3. The molecule has 1 heterocycles. The molecule has 0 amide bonds. The Hall–Kier alpha value is -2.79. The van der Waals surface area contributed by atoms with Gasteiger partial charge in [0.2, 0.25) is 0 Å². The summed E-state index contributed by atoms with van der Waals surface area (Å²) in [5, 5.41) is 4.16. The predicted octanol–water partition coefficient (Wildman–Crippen LogP) is 4.10. The van der Waals surface area contributed by atoms with Crippen LogP contribution in [-0.2, 0) is 11.3 Å². The molecule has 0 saturated carbocycles. The fourth-order valence-corrected chi connectivity index (χ4v) is 2.48. The smallest absolute Gasteiger partial charge is 0.170 e. The van der Waals surface area contributed by atoms with Crippen LogP contribution in [-0.4, -0.2) is 16.1 Å². The number of benzene rings is 2. The molecule has 24 heavy (non-hydrogen) atoms. The van der Waals surface area contributed by atoms with Crippen molar-refractivity contribution in [2.75, 3.05) is 0 Å². The molecule has 0 aliphatic rings. The molecule has 0 bridgehead atoms. The van der Waals surface area contributed by atoms with Crippen molar-refractivity contribution in [3.8, 4) is 5.69 Å². The van der Waals surface area contributed by atoms with Gasteiger partial charge in [-0.05, 0) is 36.8 Å². The molecule has 0 spiro atoms. The quantitative estimate of drug-likeness (QED) is 0.641. The third kappa shape index (κ3) is 3.58. The van der Waals surface area contributed by atoms with E-state index in [0.29, 0.717) is 29.8 Å². The van der Waals surface area contributed by atoms with Gasteiger partial charge in [0.1, 0.15) is 11.5 Å². The molecule has 0 fully saturated rings. The minimum Gasteiger partial charge on any atom is -0.369 e. The van der Waals surface area contributed by atoms with Gasteiger partial charge >= 0.3 is 0 Å². The van der Waals surface area contributed by atoms with Crippen LogP contribution in [0.4, 0.5) is 4.39 Å². The second-order valence-electron chi connectivity index (χ2n) is 5.44. The van der Waals surface area contributed by atoms with Crippen LogP contribution in [0.15, 0.2) is 60.8 Å². The van der Waals surface area contributed by atoms with Crippen molar-refractivity contribution in [3.63, 3.8) is 0 Å². The number of nitrogens with zero attached hydrogens (tertiary/aromatic N) is 2. The maximum atomic E-state index is 13.7. The highest BCUT2D eigenvalue weighted by Crippen LogP contribution is 2.26. The number of hydrogen-bond donors (Lipinski definition) is 0. The molecule has 1 atom stereocenters. The standard InChI is InChI=1S/C19H17FN2O2/c1-14(24-13-15-5-3-2-4-6-15)18-11-16(20)7-8-19(18)22-10-9-17(12-23)21-22/h2-12,14H,13H2,1H3/t14-/m1/s1. The Morgan fingerprint density at radius 2 is 2.00 bits per heavy atom. The Kier molecular flexibility index (Phi) is 4.82. The van der Waals surface area contributed by atoms with E-state index in [9.17, 15) is 9.18 Å². The van der Waals surface area contributed by atoms with Gasteiger partial charge in [-0.25, -0.2) is 9.07 Å². The van der Waals surface area contributed by atoms with Crippen molar-refractivity contribution in [1.82, 2.24) is 9.78 Å². The zero-order valence-corrected chi connectivity index (χ0v) is 13.2. The molecule has 0 aliphatic carbocycles. The number of aldehydes is 1. The van der Waals surface area contributed by atoms with Gasteiger partial charge in [-0.3, -0.25) is 4.79 Å². The van der Waals surface area contributed by atoms with Crippen LogP contribution in [0.2, 0.25) is 0 Å². The van der Waals surface area contributed by atoms with Gasteiger partial charge in [-0.2, -0.15) is 5.10 Å². The van der Waals surface area contributed by atoms with Crippen LogP contribution in [0.1, 0.15) is 34.6 Å². The minimum atomic E-state index is -0.341. The molecule has 0 aliphatic heterocycles. The van der Waals surface area contributed by atoms with Gasteiger partial charge in [0, 0.05) is 11.8 Å². The van der Waals surface area contributed by atoms with Crippen LogP contribution >= 0.6 is 0 Å². The van der Waals surface area contributed by atoms with E-state index in [4.69, 9.17) is 4.74 Å². The molecule has 4 nitrogen and oxygen atoms in total. The van der Waals surface area contributed by atoms with E-state index < -0.39 is 0 Å². The molecular formula is C19H17FN2O2. The first kappa shape index (κ1) is 16.1. The minimum absolute atomic E-state index is 0.322. The zero-order chi connectivity index (χ0) is 16.9. The Bertz CT molecular complexity index is 830. The molecule has 0 saturated heterocycles. The van der Waals surface area contributed by atoms with E-state index in [-0.39, 0.29) is 11.9 Å². The van der Waals surface area contributed by atoms with Gasteiger partial charge in [0.05, 0.1) is 18.4 Å². The average molecular weight is 324 g/mol. The summed E-state index contributed by atoms with van der Waals surface area (Å²) < 4.78 is 21.2. The Labute approximate surface area is 139 Å². The first-order valence-corrected chi connectivity index (χ1v) is 7.63. The maximum Gasteiger partial charge on any atom is 0.170 e. The molecule has 5 heteroatoms. The largest absolute Gasteiger partial charge is 0.369 e. The summed E-state index contributed by atoms with van der Waals surface area (Å²) >= 11 is 0. The average Bonchev–Trinajstić information content (AvgIpc) is 3.09. The fraction of sp³-hybridized carbons (Fsp3) is 0.158. The monoisotopic (exact) mass is 324 g/mol. The highest BCUT2D eigenvalue weighted by atomic mass is 19.1. The first-order chi connectivity index (χ1) is 11.7. The third-order valence-corrected chi connectivity index (χ3v) is 3.75. The van der Waals surface area contributed by atoms with Crippen molar-refractivity contribution in [3.05, 3.63) is 83.4 Å². The summed E-state index contributed by atoms with van der Waals surface area (Å²) in [4.78, 5) is 10.8. The van der Waals surface area contributed by atoms with E-state index in [1.807, 2.05) is 37.3 Å². The third-order valence-electron chi connectivity index (χ3n) is 3.75. The second kappa shape index (κ2) is 7.19. The van der Waals surface area contributed by atoms with Gasteiger partial charge < -0.3 is 4.74 Å². The van der Waals surface area contributed by atoms with E-state index in [2.05, 4.69) is 5.10 Å². The lowest BCUT2D eigenvalue weighted by atomic mass is 10.1. The van der Waals surface area contributed by atoms with Gasteiger partial charge in [0.15, 0.2) is 6.29 Å².